The van der Waals surface area contributed by atoms with Gasteiger partial charge in [-0.3, -0.25) is 9.59 Å². The molecule has 0 aromatic heterocycles. The lowest BCUT2D eigenvalue weighted by molar-refractivity contribution is -0.152. The first kappa shape index (κ1) is 16.6. The molecule has 132 valence electrons. The summed E-state index contributed by atoms with van der Waals surface area (Å²) in [4.78, 5) is 27.3. The SMILES string of the molecule is CCCCOC(=O)[C@@H]1[C@H]2C(=O)N(c3ccc(Cl)cc3)C[C@]23C=C[C@H]1O3. The highest BCUT2D eigenvalue weighted by Gasteiger charge is 2.67. The van der Waals surface area contributed by atoms with Crippen LogP contribution in [0.15, 0.2) is 36.4 Å². The van der Waals surface area contributed by atoms with Crippen LogP contribution in [0.4, 0.5) is 5.69 Å². The number of hydrogen-bond donors (Lipinski definition) is 0. The number of nitrogens with zero attached hydrogens (tertiary/aromatic N) is 1. The lowest BCUT2D eigenvalue weighted by atomic mass is 9.77. The Hall–Kier alpha value is -1.85. The van der Waals surface area contributed by atoms with E-state index >= 15 is 0 Å². The van der Waals surface area contributed by atoms with Crippen molar-refractivity contribution in [2.24, 2.45) is 11.8 Å². The van der Waals surface area contributed by atoms with Gasteiger partial charge in [-0.2, -0.15) is 0 Å². The van der Waals surface area contributed by atoms with E-state index in [1.165, 1.54) is 0 Å². The van der Waals surface area contributed by atoms with Crippen LogP contribution in [0.1, 0.15) is 19.8 Å². The fourth-order valence-electron chi connectivity index (χ4n) is 4.02. The molecule has 1 spiro atoms. The summed E-state index contributed by atoms with van der Waals surface area (Å²) < 4.78 is 11.5. The third-order valence-electron chi connectivity index (χ3n) is 5.25. The van der Waals surface area contributed by atoms with Gasteiger partial charge in [0.2, 0.25) is 5.91 Å². The molecule has 25 heavy (non-hydrogen) atoms. The van der Waals surface area contributed by atoms with Crippen LogP contribution in [0.5, 0.6) is 0 Å². The van der Waals surface area contributed by atoms with Crippen molar-refractivity contribution in [1.29, 1.82) is 0 Å². The second-order valence-electron chi connectivity index (χ2n) is 6.82. The summed E-state index contributed by atoms with van der Waals surface area (Å²) in [5.41, 5.74) is 0.0345. The Morgan fingerprint density at radius 1 is 1.40 bits per heavy atom. The molecule has 3 heterocycles. The Morgan fingerprint density at radius 2 is 2.16 bits per heavy atom. The van der Waals surface area contributed by atoms with Crippen LogP contribution in [-0.2, 0) is 19.1 Å². The van der Waals surface area contributed by atoms with Gasteiger partial charge in [-0.15, -0.1) is 0 Å². The summed E-state index contributed by atoms with van der Waals surface area (Å²) in [6.07, 6.45) is 5.23. The molecule has 0 saturated carbocycles. The molecule has 5 nitrogen and oxygen atoms in total. The number of anilines is 1. The Morgan fingerprint density at radius 3 is 2.88 bits per heavy atom. The van der Waals surface area contributed by atoms with E-state index < -0.39 is 17.4 Å². The van der Waals surface area contributed by atoms with Crippen molar-refractivity contribution < 1.29 is 19.1 Å². The molecule has 1 aromatic carbocycles. The maximum atomic E-state index is 13.1. The fraction of sp³-hybridized carbons (Fsp3) is 0.474. The number of carbonyl (C=O) groups excluding carboxylic acids is 2. The predicted octanol–water partition coefficient (Wildman–Crippen LogP) is 2.97. The van der Waals surface area contributed by atoms with Crippen molar-refractivity contribution in [3.63, 3.8) is 0 Å². The van der Waals surface area contributed by atoms with E-state index in [0.29, 0.717) is 18.2 Å². The molecular formula is C19H20ClNO4. The van der Waals surface area contributed by atoms with Crippen molar-refractivity contribution in [1.82, 2.24) is 0 Å². The van der Waals surface area contributed by atoms with Crippen molar-refractivity contribution in [3.05, 3.63) is 41.4 Å². The normalized spacial score (nSPS) is 32.3. The lowest BCUT2D eigenvalue weighted by Crippen LogP contribution is -2.40. The first-order chi connectivity index (χ1) is 12.1. The van der Waals surface area contributed by atoms with Crippen LogP contribution in [0, 0.1) is 11.8 Å². The second-order valence-corrected chi connectivity index (χ2v) is 7.26. The van der Waals surface area contributed by atoms with Crippen LogP contribution in [-0.4, -0.2) is 36.7 Å². The zero-order valence-electron chi connectivity index (χ0n) is 14.0. The predicted molar refractivity (Wildman–Crippen MR) is 93.4 cm³/mol. The van der Waals surface area contributed by atoms with E-state index in [0.717, 1.165) is 18.5 Å². The summed E-state index contributed by atoms with van der Waals surface area (Å²) in [5, 5.41) is 0.614. The van der Waals surface area contributed by atoms with Crippen LogP contribution >= 0.6 is 11.6 Å². The molecule has 3 aliphatic heterocycles. The molecule has 1 amide bonds. The Labute approximate surface area is 151 Å². The largest absolute Gasteiger partial charge is 0.465 e. The number of unbranched alkanes of at least 4 members (excludes halogenated alkanes) is 1. The van der Waals surface area contributed by atoms with Crippen molar-refractivity contribution in [3.8, 4) is 0 Å². The molecule has 0 N–H and O–H groups in total. The average Bonchev–Trinajstić information content (AvgIpc) is 3.24. The molecule has 0 aliphatic carbocycles. The van der Waals surface area contributed by atoms with Gasteiger partial charge in [0, 0.05) is 10.7 Å². The second kappa shape index (κ2) is 6.15. The first-order valence-electron chi connectivity index (χ1n) is 8.66. The highest BCUT2D eigenvalue weighted by atomic mass is 35.5. The van der Waals surface area contributed by atoms with E-state index in [4.69, 9.17) is 21.1 Å². The molecule has 2 fully saturated rings. The summed E-state index contributed by atoms with van der Waals surface area (Å²) in [6, 6.07) is 7.12. The number of fused-ring (bicyclic) bond motifs is 1. The summed E-state index contributed by atoms with van der Waals surface area (Å²) in [7, 11) is 0. The van der Waals surface area contributed by atoms with Crippen LogP contribution in [0.3, 0.4) is 0 Å². The Bertz CT molecular complexity index is 731. The number of amides is 1. The minimum absolute atomic E-state index is 0.0911. The van der Waals surface area contributed by atoms with E-state index in [2.05, 4.69) is 0 Å². The van der Waals surface area contributed by atoms with Gasteiger partial charge in [-0.25, -0.2) is 0 Å². The van der Waals surface area contributed by atoms with Crippen LogP contribution in [0.2, 0.25) is 5.02 Å². The van der Waals surface area contributed by atoms with Crippen molar-refractivity contribution >= 4 is 29.2 Å². The minimum Gasteiger partial charge on any atom is -0.465 e. The number of carbonyl (C=O) groups is 2. The summed E-state index contributed by atoms with van der Waals surface area (Å²) in [5.74, 6) is -1.51. The summed E-state index contributed by atoms with van der Waals surface area (Å²) in [6.45, 7) is 2.83. The first-order valence-corrected chi connectivity index (χ1v) is 9.04. The zero-order valence-corrected chi connectivity index (χ0v) is 14.7. The molecule has 6 heteroatoms. The molecule has 4 atom stereocenters. The van der Waals surface area contributed by atoms with Crippen LogP contribution in [0.25, 0.3) is 0 Å². The highest BCUT2D eigenvalue weighted by Crippen LogP contribution is 2.52. The van der Waals surface area contributed by atoms with Gasteiger partial charge in [-0.1, -0.05) is 37.1 Å². The van der Waals surface area contributed by atoms with Gasteiger partial charge in [0.05, 0.1) is 25.2 Å². The van der Waals surface area contributed by atoms with E-state index in [-0.39, 0.29) is 18.0 Å². The highest BCUT2D eigenvalue weighted by molar-refractivity contribution is 6.30. The Kier molecular flexibility index (Phi) is 4.08. The minimum atomic E-state index is -0.726. The zero-order chi connectivity index (χ0) is 17.6. The van der Waals surface area contributed by atoms with Gasteiger partial charge in [-0.05, 0) is 30.7 Å². The van der Waals surface area contributed by atoms with E-state index in [9.17, 15) is 9.59 Å². The smallest absolute Gasteiger partial charge is 0.312 e. The van der Waals surface area contributed by atoms with Crippen molar-refractivity contribution in [2.75, 3.05) is 18.1 Å². The van der Waals surface area contributed by atoms with Gasteiger partial charge in [0.25, 0.3) is 0 Å². The number of ether oxygens (including phenoxy) is 2. The molecule has 2 bridgehead atoms. The van der Waals surface area contributed by atoms with Gasteiger partial charge in [0.1, 0.15) is 11.5 Å². The fourth-order valence-corrected chi connectivity index (χ4v) is 4.15. The van der Waals surface area contributed by atoms with Gasteiger partial charge >= 0.3 is 5.97 Å². The van der Waals surface area contributed by atoms with E-state index in [1.54, 1.807) is 17.0 Å². The molecule has 4 rings (SSSR count). The summed E-state index contributed by atoms with van der Waals surface area (Å²) >= 11 is 5.94. The number of halogens is 1. The topological polar surface area (TPSA) is 55.8 Å². The van der Waals surface area contributed by atoms with Gasteiger partial charge in [0.15, 0.2) is 0 Å². The molecule has 3 aliphatic rings. The maximum Gasteiger partial charge on any atom is 0.312 e. The third-order valence-corrected chi connectivity index (χ3v) is 5.50. The van der Waals surface area contributed by atoms with E-state index in [1.807, 2.05) is 31.2 Å². The number of esters is 1. The molecular weight excluding hydrogens is 342 g/mol. The van der Waals surface area contributed by atoms with Crippen molar-refractivity contribution in [2.45, 2.75) is 31.5 Å². The molecule has 0 unspecified atom stereocenters. The third kappa shape index (κ3) is 2.57. The maximum absolute atomic E-state index is 13.1. The molecule has 0 radical (unpaired) electrons. The van der Waals surface area contributed by atoms with Gasteiger partial charge < -0.3 is 14.4 Å². The average molecular weight is 362 g/mol. The molecule has 2 saturated heterocycles. The lowest BCUT2D eigenvalue weighted by Gasteiger charge is -2.22. The standard InChI is InChI=1S/C19H20ClNO4/c1-2-3-10-24-18(23)15-14-8-9-19(25-14)11-21(17(22)16(15)19)13-6-4-12(20)5-7-13/h4-9,14-16H,2-3,10-11H2,1H3/t14-,15+,16+,19-/m1/s1. The number of benzene rings is 1. The van der Waals surface area contributed by atoms with Crippen LogP contribution < -0.4 is 4.90 Å². The number of hydrogen-bond acceptors (Lipinski definition) is 4. The monoisotopic (exact) mass is 361 g/mol. The number of rotatable bonds is 5. The quantitative estimate of drug-likeness (QED) is 0.459. The molecule has 1 aromatic rings. The Balaban J connectivity index is 1.59.